The maximum absolute atomic E-state index is 12.8. The third-order valence-electron chi connectivity index (χ3n) is 9.48. The van der Waals surface area contributed by atoms with Gasteiger partial charge in [0.15, 0.2) is 11.5 Å². The molecule has 0 unspecified atom stereocenters. The predicted octanol–water partition coefficient (Wildman–Crippen LogP) is 12.1. The van der Waals surface area contributed by atoms with Gasteiger partial charge in [-0.1, -0.05) is 145 Å². The number of benzene rings is 2. The smallest absolute Gasteiger partial charge is 0.243 e. The Morgan fingerprint density at radius 1 is 0.627 bits per heavy atom. The van der Waals surface area contributed by atoms with E-state index in [1.165, 1.54) is 75.8 Å². The zero-order valence-corrected chi connectivity index (χ0v) is 33.7. The van der Waals surface area contributed by atoms with Crippen LogP contribution in [0.25, 0.3) is 6.08 Å². The van der Waals surface area contributed by atoms with Crippen molar-refractivity contribution in [2.75, 3.05) is 19.8 Å². The number of unbranched alkanes of at least 4 members (excludes halogenated alkanes) is 13. The van der Waals surface area contributed by atoms with Crippen molar-refractivity contribution in [3.63, 3.8) is 0 Å². The number of aryl methyl sites for hydroxylation is 1. The van der Waals surface area contributed by atoms with Crippen molar-refractivity contribution in [3.8, 4) is 23.0 Å². The summed E-state index contributed by atoms with van der Waals surface area (Å²) in [7, 11) is 0. The first-order valence-electron chi connectivity index (χ1n) is 20.2. The summed E-state index contributed by atoms with van der Waals surface area (Å²) in [5, 5.41) is 25.0. The molecule has 0 bridgehead atoms. The van der Waals surface area contributed by atoms with Crippen molar-refractivity contribution in [3.05, 3.63) is 52.6 Å². The van der Waals surface area contributed by atoms with E-state index in [9.17, 15) is 15.0 Å². The molecule has 0 saturated heterocycles. The molecule has 0 aliphatic heterocycles. The van der Waals surface area contributed by atoms with Crippen LogP contribution < -0.4 is 14.8 Å². The normalized spacial score (nSPS) is 12.1. The van der Waals surface area contributed by atoms with Gasteiger partial charge in [0.05, 0.1) is 13.2 Å². The lowest BCUT2D eigenvalue weighted by atomic mass is 9.78. The van der Waals surface area contributed by atoms with Crippen LogP contribution >= 0.6 is 0 Å². The van der Waals surface area contributed by atoms with Crippen molar-refractivity contribution >= 4 is 12.0 Å². The quantitative estimate of drug-likeness (QED) is 0.0706. The van der Waals surface area contributed by atoms with Gasteiger partial charge in [-0.3, -0.25) is 4.79 Å². The molecular formula is C45H73NO5. The highest BCUT2D eigenvalue weighted by atomic mass is 16.5. The number of aromatic hydroxyl groups is 2. The van der Waals surface area contributed by atoms with Gasteiger partial charge >= 0.3 is 0 Å². The lowest BCUT2D eigenvalue weighted by molar-refractivity contribution is -0.116. The lowest BCUT2D eigenvalue weighted by Gasteiger charge is -2.28. The Labute approximate surface area is 311 Å². The third kappa shape index (κ3) is 17.3. The summed E-state index contributed by atoms with van der Waals surface area (Å²) >= 11 is 0. The molecule has 2 rings (SSSR count). The molecule has 2 aromatic carbocycles. The number of nitrogens with one attached hydrogen (secondary N) is 1. The van der Waals surface area contributed by atoms with Crippen LogP contribution in [0.1, 0.15) is 180 Å². The number of carbonyl (C=O) groups is 1. The van der Waals surface area contributed by atoms with Gasteiger partial charge in [-0.15, -0.1) is 0 Å². The zero-order chi connectivity index (χ0) is 37.7. The SMILES string of the molecule is CCCCCCCCCOc1cc(/C=C/C(=O)NCCCCc2cc(C(C)(C)C)c(O)c(C(C)(C)C)c2)cc(OCCCCCCCCC)c1O. The zero-order valence-electron chi connectivity index (χ0n) is 33.7. The summed E-state index contributed by atoms with van der Waals surface area (Å²) in [6.07, 6.45) is 22.6. The minimum absolute atomic E-state index is 0.0281. The second-order valence-electron chi connectivity index (χ2n) is 16.4. The van der Waals surface area contributed by atoms with Crippen LogP contribution in [0.4, 0.5) is 0 Å². The minimum Gasteiger partial charge on any atom is -0.507 e. The molecular weight excluding hydrogens is 634 g/mol. The molecule has 0 saturated carbocycles. The molecule has 0 aromatic heterocycles. The van der Waals surface area contributed by atoms with Crippen molar-refractivity contribution in [2.45, 2.75) is 175 Å². The highest BCUT2D eigenvalue weighted by Crippen LogP contribution is 2.40. The topological polar surface area (TPSA) is 88.0 Å². The summed E-state index contributed by atoms with van der Waals surface area (Å²) in [5.41, 5.74) is 3.63. The summed E-state index contributed by atoms with van der Waals surface area (Å²) in [5.74, 6) is 1.08. The van der Waals surface area contributed by atoms with E-state index in [1.807, 2.05) is 0 Å². The number of phenols is 2. The van der Waals surface area contributed by atoms with E-state index in [0.29, 0.717) is 37.0 Å². The van der Waals surface area contributed by atoms with Crippen molar-refractivity contribution in [1.82, 2.24) is 5.32 Å². The molecule has 0 atom stereocenters. The van der Waals surface area contributed by atoms with Gasteiger partial charge in [-0.2, -0.15) is 0 Å². The Balaban J connectivity index is 1.96. The Hall–Kier alpha value is -3.15. The fourth-order valence-corrected chi connectivity index (χ4v) is 6.28. The number of hydrogen-bond donors (Lipinski definition) is 3. The van der Waals surface area contributed by atoms with Gasteiger partial charge in [0.1, 0.15) is 5.75 Å². The Bertz CT molecular complexity index is 1240. The highest BCUT2D eigenvalue weighted by molar-refractivity contribution is 5.91. The molecule has 288 valence electrons. The lowest BCUT2D eigenvalue weighted by Crippen LogP contribution is -2.22. The van der Waals surface area contributed by atoms with Crippen LogP contribution in [0, 0.1) is 0 Å². The average molecular weight is 708 g/mol. The molecule has 0 spiro atoms. The molecule has 0 radical (unpaired) electrons. The fraction of sp³-hybridized carbons (Fsp3) is 0.667. The van der Waals surface area contributed by atoms with Gasteiger partial charge in [-0.25, -0.2) is 0 Å². The molecule has 2 aromatic rings. The molecule has 6 heteroatoms. The average Bonchev–Trinajstić information content (AvgIpc) is 3.07. The summed E-state index contributed by atoms with van der Waals surface area (Å²) < 4.78 is 12.1. The van der Waals surface area contributed by atoms with E-state index in [4.69, 9.17) is 9.47 Å². The predicted molar refractivity (Wildman–Crippen MR) is 216 cm³/mol. The molecule has 0 heterocycles. The number of amides is 1. The van der Waals surface area contributed by atoms with Crippen molar-refractivity contribution < 1.29 is 24.5 Å². The molecule has 0 fully saturated rings. The largest absolute Gasteiger partial charge is 0.507 e. The van der Waals surface area contributed by atoms with Gasteiger partial charge < -0.3 is 25.0 Å². The van der Waals surface area contributed by atoms with Gasteiger partial charge in [0.25, 0.3) is 0 Å². The second kappa shape index (κ2) is 23.4. The van der Waals surface area contributed by atoms with Crippen LogP contribution in [0.5, 0.6) is 23.0 Å². The van der Waals surface area contributed by atoms with Crippen LogP contribution in [-0.4, -0.2) is 35.9 Å². The number of ether oxygens (including phenoxy) is 2. The summed E-state index contributed by atoms with van der Waals surface area (Å²) in [6.45, 7) is 18.9. The van der Waals surface area contributed by atoms with E-state index in [1.54, 1.807) is 18.2 Å². The number of phenolic OH excluding ortho intramolecular Hbond substituents is 2. The van der Waals surface area contributed by atoms with Gasteiger partial charge in [0, 0.05) is 12.6 Å². The van der Waals surface area contributed by atoms with Gasteiger partial charge in [-0.05, 0) is 83.4 Å². The van der Waals surface area contributed by atoms with Crippen molar-refractivity contribution in [1.29, 1.82) is 0 Å². The Kier molecular flexibility index (Phi) is 20.2. The summed E-state index contributed by atoms with van der Waals surface area (Å²) in [4.78, 5) is 12.8. The van der Waals surface area contributed by atoms with Crippen LogP contribution in [0.15, 0.2) is 30.3 Å². The maximum Gasteiger partial charge on any atom is 0.243 e. The first-order valence-corrected chi connectivity index (χ1v) is 20.2. The summed E-state index contributed by atoms with van der Waals surface area (Å²) in [6, 6.07) is 7.86. The standard InChI is InChI=1S/C45H73NO5/c1-9-11-13-15-17-19-23-29-50-39-33-36(34-40(43(39)49)51-30-24-20-18-16-14-12-10-2)26-27-41(47)46-28-22-21-25-35-31-37(44(3,4)5)42(48)38(32-35)45(6,7)8/h26-27,31-34,48-49H,9-25,28-30H2,1-8H3,(H,46,47)/b27-26+. The molecule has 51 heavy (non-hydrogen) atoms. The first kappa shape index (κ1) is 44.0. The van der Waals surface area contributed by atoms with E-state index >= 15 is 0 Å². The monoisotopic (exact) mass is 708 g/mol. The molecule has 0 aliphatic rings. The Morgan fingerprint density at radius 3 is 1.53 bits per heavy atom. The minimum atomic E-state index is -0.158. The highest BCUT2D eigenvalue weighted by Gasteiger charge is 2.26. The number of rotatable bonds is 25. The number of carbonyl (C=O) groups excluding carboxylic acids is 1. The Morgan fingerprint density at radius 2 is 1.08 bits per heavy atom. The molecule has 1 amide bonds. The van der Waals surface area contributed by atoms with E-state index in [0.717, 1.165) is 61.6 Å². The molecule has 0 aliphatic carbocycles. The van der Waals surface area contributed by atoms with Gasteiger partial charge in [0.2, 0.25) is 11.7 Å². The third-order valence-corrected chi connectivity index (χ3v) is 9.48. The molecule has 3 N–H and O–H groups in total. The van der Waals surface area contributed by atoms with E-state index in [2.05, 4.69) is 72.8 Å². The first-order chi connectivity index (χ1) is 24.3. The van der Waals surface area contributed by atoms with E-state index in [-0.39, 0.29) is 22.5 Å². The van der Waals surface area contributed by atoms with Crippen LogP contribution in [-0.2, 0) is 22.0 Å². The van der Waals surface area contributed by atoms with Crippen molar-refractivity contribution in [2.24, 2.45) is 0 Å². The van der Waals surface area contributed by atoms with Crippen LogP contribution in [0.2, 0.25) is 0 Å². The fourth-order valence-electron chi connectivity index (χ4n) is 6.28. The molecule has 6 nitrogen and oxygen atoms in total. The van der Waals surface area contributed by atoms with E-state index < -0.39 is 0 Å². The number of hydrogen-bond acceptors (Lipinski definition) is 5. The maximum atomic E-state index is 12.8. The second-order valence-corrected chi connectivity index (χ2v) is 16.4. The van der Waals surface area contributed by atoms with Crippen LogP contribution in [0.3, 0.4) is 0 Å².